The Labute approximate surface area is 148 Å². The standard InChI is InChI=1S/C17H18N2O7/c1-15(2)16(3)4-5-17(15,26-14(16)21)13(20)18-9-6-11-12(25-8-24-11)7-10(9)19(22)23/h6-7H,4-5,8H2,1-3H3,(H,18,20)/t16-,17-/m1/s1. The quantitative estimate of drug-likeness (QED) is 0.498. The van der Waals surface area contributed by atoms with E-state index in [1.54, 1.807) is 6.92 Å². The van der Waals surface area contributed by atoms with E-state index in [1.165, 1.54) is 12.1 Å². The maximum atomic E-state index is 13.1. The van der Waals surface area contributed by atoms with Crippen molar-refractivity contribution < 1.29 is 28.7 Å². The van der Waals surface area contributed by atoms with Crippen LogP contribution in [0.5, 0.6) is 11.5 Å². The molecule has 0 spiro atoms. The highest BCUT2D eigenvalue weighted by molar-refractivity contribution is 6.04. The summed E-state index contributed by atoms with van der Waals surface area (Å²) in [4.78, 5) is 36.2. The average Bonchev–Trinajstić information content (AvgIpc) is 3.14. The fraction of sp³-hybridized carbons (Fsp3) is 0.529. The Morgan fingerprint density at radius 2 is 1.85 bits per heavy atom. The molecule has 1 saturated heterocycles. The van der Waals surface area contributed by atoms with Gasteiger partial charge < -0.3 is 19.5 Å². The van der Waals surface area contributed by atoms with Crippen LogP contribution in [0, 0.1) is 20.9 Å². The van der Waals surface area contributed by atoms with E-state index < -0.39 is 33.2 Å². The first-order valence-corrected chi connectivity index (χ1v) is 8.25. The van der Waals surface area contributed by atoms with Crippen LogP contribution in [0.2, 0.25) is 0 Å². The van der Waals surface area contributed by atoms with E-state index in [0.29, 0.717) is 18.6 Å². The van der Waals surface area contributed by atoms with Crippen molar-refractivity contribution in [2.24, 2.45) is 10.8 Å². The Morgan fingerprint density at radius 1 is 1.19 bits per heavy atom. The molecule has 138 valence electrons. The summed E-state index contributed by atoms with van der Waals surface area (Å²) in [5.74, 6) is -0.431. The number of amides is 1. The third-order valence-corrected chi connectivity index (χ3v) is 6.39. The normalized spacial score (nSPS) is 30.2. The molecule has 2 heterocycles. The lowest BCUT2D eigenvalue weighted by Gasteiger charge is -2.35. The van der Waals surface area contributed by atoms with Gasteiger partial charge in [-0.3, -0.25) is 19.7 Å². The number of benzene rings is 1. The van der Waals surface area contributed by atoms with Crippen molar-refractivity contribution in [3.63, 3.8) is 0 Å². The number of hydrogen-bond acceptors (Lipinski definition) is 7. The van der Waals surface area contributed by atoms with Crippen LogP contribution in [0.25, 0.3) is 0 Å². The SMILES string of the molecule is CC1(C)[C@]2(C)CC[C@]1(C(=O)Nc1cc3c(cc1[N+](=O)[O-])OCO3)OC2=O. The predicted molar refractivity (Wildman–Crippen MR) is 87.8 cm³/mol. The molecule has 1 saturated carbocycles. The zero-order valence-corrected chi connectivity index (χ0v) is 14.6. The molecule has 1 amide bonds. The molecule has 9 nitrogen and oxygen atoms in total. The van der Waals surface area contributed by atoms with Crippen LogP contribution in [0.3, 0.4) is 0 Å². The number of nitro groups is 1. The molecule has 2 bridgehead atoms. The molecule has 2 aliphatic heterocycles. The van der Waals surface area contributed by atoms with Gasteiger partial charge in [0.2, 0.25) is 6.79 Å². The molecule has 2 fully saturated rings. The Hall–Kier alpha value is -2.84. The number of carbonyl (C=O) groups is 2. The van der Waals surface area contributed by atoms with Crippen molar-refractivity contribution in [2.75, 3.05) is 12.1 Å². The number of fused-ring (bicyclic) bond motifs is 3. The Balaban J connectivity index is 1.72. The first-order chi connectivity index (χ1) is 12.1. The van der Waals surface area contributed by atoms with E-state index in [4.69, 9.17) is 14.2 Å². The number of ether oxygens (including phenoxy) is 3. The van der Waals surface area contributed by atoms with E-state index >= 15 is 0 Å². The number of nitrogens with zero attached hydrogens (tertiary/aromatic N) is 1. The van der Waals surface area contributed by atoms with Crippen molar-refractivity contribution in [1.82, 2.24) is 0 Å². The van der Waals surface area contributed by atoms with Gasteiger partial charge in [0.15, 0.2) is 17.1 Å². The lowest BCUT2D eigenvalue weighted by atomic mass is 9.66. The second-order valence-corrected chi connectivity index (χ2v) is 7.61. The summed E-state index contributed by atoms with van der Waals surface area (Å²) in [7, 11) is 0. The summed E-state index contributed by atoms with van der Waals surface area (Å²) in [5, 5.41) is 14.0. The molecular weight excluding hydrogens is 344 g/mol. The molecule has 1 N–H and O–H groups in total. The van der Waals surface area contributed by atoms with Crippen LogP contribution in [-0.4, -0.2) is 29.2 Å². The Kier molecular flexibility index (Phi) is 3.11. The lowest BCUT2D eigenvalue weighted by Crippen LogP contribution is -2.50. The first-order valence-electron chi connectivity index (χ1n) is 8.25. The molecular formula is C17H18N2O7. The highest BCUT2D eigenvalue weighted by atomic mass is 16.7. The zero-order chi connectivity index (χ0) is 18.9. The predicted octanol–water partition coefficient (Wildman–Crippen LogP) is 2.38. The van der Waals surface area contributed by atoms with Crippen LogP contribution < -0.4 is 14.8 Å². The lowest BCUT2D eigenvalue weighted by molar-refractivity contribution is -0.384. The topological polar surface area (TPSA) is 117 Å². The number of nitro benzene ring substituents is 1. The molecule has 9 heteroatoms. The van der Waals surface area contributed by atoms with E-state index in [9.17, 15) is 19.7 Å². The van der Waals surface area contributed by atoms with Crippen LogP contribution in [0.4, 0.5) is 11.4 Å². The fourth-order valence-electron chi connectivity index (χ4n) is 4.15. The van der Waals surface area contributed by atoms with Crippen LogP contribution in [-0.2, 0) is 14.3 Å². The molecule has 0 unspecified atom stereocenters. The third-order valence-electron chi connectivity index (χ3n) is 6.39. The number of nitrogens with one attached hydrogen (secondary N) is 1. The van der Waals surface area contributed by atoms with Crippen molar-refractivity contribution >= 4 is 23.3 Å². The van der Waals surface area contributed by atoms with Gasteiger partial charge in [0.05, 0.1) is 16.4 Å². The average molecular weight is 362 g/mol. The third kappa shape index (κ3) is 1.80. The van der Waals surface area contributed by atoms with E-state index in [0.717, 1.165) is 0 Å². The van der Waals surface area contributed by atoms with Gasteiger partial charge in [-0.1, -0.05) is 13.8 Å². The monoisotopic (exact) mass is 362 g/mol. The van der Waals surface area contributed by atoms with Crippen LogP contribution in [0.15, 0.2) is 12.1 Å². The molecule has 1 aliphatic carbocycles. The molecule has 4 rings (SSSR count). The van der Waals surface area contributed by atoms with E-state index in [1.807, 2.05) is 13.8 Å². The van der Waals surface area contributed by atoms with Crippen molar-refractivity contribution in [1.29, 1.82) is 0 Å². The molecule has 0 radical (unpaired) electrons. The number of esters is 1. The van der Waals surface area contributed by atoms with E-state index in [-0.39, 0.29) is 23.9 Å². The molecule has 26 heavy (non-hydrogen) atoms. The van der Waals surface area contributed by atoms with Gasteiger partial charge in [0, 0.05) is 11.5 Å². The number of carbonyl (C=O) groups excluding carboxylic acids is 2. The molecule has 2 atom stereocenters. The zero-order valence-electron chi connectivity index (χ0n) is 14.6. The second kappa shape index (κ2) is 4.87. The molecule has 1 aromatic rings. The van der Waals surface area contributed by atoms with Crippen molar-refractivity contribution in [2.45, 2.75) is 39.2 Å². The minimum absolute atomic E-state index is 0.0222. The van der Waals surface area contributed by atoms with Crippen LogP contribution in [0.1, 0.15) is 33.6 Å². The van der Waals surface area contributed by atoms with Gasteiger partial charge in [0.25, 0.3) is 11.6 Å². The highest BCUT2D eigenvalue weighted by Gasteiger charge is 2.75. The highest BCUT2D eigenvalue weighted by Crippen LogP contribution is 2.65. The van der Waals surface area contributed by atoms with Gasteiger partial charge >= 0.3 is 5.97 Å². The minimum Gasteiger partial charge on any atom is -0.454 e. The summed E-state index contributed by atoms with van der Waals surface area (Å²) in [5.41, 5.74) is -3.20. The van der Waals surface area contributed by atoms with Gasteiger partial charge in [-0.2, -0.15) is 0 Å². The second-order valence-electron chi connectivity index (χ2n) is 7.61. The van der Waals surface area contributed by atoms with Gasteiger partial charge in [-0.05, 0) is 19.8 Å². The number of hydrogen-bond donors (Lipinski definition) is 1. The Morgan fingerprint density at radius 3 is 2.38 bits per heavy atom. The number of rotatable bonds is 3. The summed E-state index contributed by atoms with van der Waals surface area (Å²) < 4.78 is 15.9. The van der Waals surface area contributed by atoms with Crippen molar-refractivity contribution in [3.8, 4) is 11.5 Å². The largest absolute Gasteiger partial charge is 0.454 e. The first kappa shape index (κ1) is 16.6. The summed E-state index contributed by atoms with van der Waals surface area (Å²) in [6.45, 7) is 5.38. The maximum Gasteiger partial charge on any atom is 0.313 e. The van der Waals surface area contributed by atoms with Crippen LogP contribution >= 0.6 is 0 Å². The maximum absolute atomic E-state index is 13.1. The van der Waals surface area contributed by atoms with Gasteiger partial charge in [-0.25, -0.2) is 0 Å². The van der Waals surface area contributed by atoms with Crippen molar-refractivity contribution in [3.05, 3.63) is 22.2 Å². The molecule has 0 aromatic heterocycles. The summed E-state index contributed by atoms with van der Waals surface area (Å²) in [6.07, 6.45) is 0.891. The smallest absolute Gasteiger partial charge is 0.313 e. The molecule has 3 aliphatic rings. The summed E-state index contributed by atoms with van der Waals surface area (Å²) >= 11 is 0. The fourth-order valence-corrected chi connectivity index (χ4v) is 4.15. The minimum atomic E-state index is -1.36. The van der Waals surface area contributed by atoms with E-state index in [2.05, 4.69) is 5.32 Å². The summed E-state index contributed by atoms with van der Waals surface area (Å²) in [6, 6.07) is 2.56. The van der Waals surface area contributed by atoms with Gasteiger partial charge in [-0.15, -0.1) is 0 Å². The molecule has 1 aromatic carbocycles. The Bertz CT molecular complexity index is 865. The van der Waals surface area contributed by atoms with Gasteiger partial charge in [0.1, 0.15) is 5.69 Å². The number of anilines is 1.